The third kappa shape index (κ3) is 10.7. The topological polar surface area (TPSA) is 109 Å². The van der Waals surface area contributed by atoms with E-state index in [4.69, 9.17) is 9.57 Å². The van der Waals surface area contributed by atoms with Crippen molar-refractivity contribution in [2.24, 2.45) is 5.16 Å². The van der Waals surface area contributed by atoms with E-state index in [1.165, 1.54) is 6.08 Å². The molecule has 0 radical (unpaired) electrons. The van der Waals surface area contributed by atoms with Crippen LogP contribution in [0.15, 0.2) is 65.3 Å². The van der Waals surface area contributed by atoms with E-state index in [0.29, 0.717) is 18.6 Å². The largest absolute Gasteiger partial charge is 0.508 e. The molecule has 0 saturated carbocycles. The minimum atomic E-state index is -0.682. The van der Waals surface area contributed by atoms with E-state index in [0.717, 1.165) is 57.3 Å². The molecule has 0 aliphatic carbocycles. The molecule has 8 heteroatoms. The normalized spacial score (nSPS) is 26.9. The molecule has 0 aromatic heterocycles. The lowest BCUT2D eigenvalue weighted by molar-refractivity contribution is -0.138. The molecule has 1 saturated heterocycles. The molecule has 0 unspecified atom stereocenters. The summed E-state index contributed by atoms with van der Waals surface area (Å²) in [7, 11) is 0. The van der Waals surface area contributed by atoms with E-state index < -0.39 is 11.7 Å². The van der Waals surface area contributed by atoms with Crippen molar-refractivity contribution in [3.05, 3.63) is 60.1 Å². The Bertz CT molecular complexity index is 801. The number of esters is 1. The van der Waals surface area contributed by atoms with Gasteiger partial charge in [-0.1, -0.05) is 29.5 Å². The van der Waals surface area contributed by atoms with Gasteiger partial charge in [0.15, 0.2) is 6.61 Å². The van der Waals surface area contributed by atoms with Crippen LogP contribution in [-0.2, 0) is 19.2 Å². The molecule has 2 N–H and O–H groups in total. The summed E-state index contributed by atoms with van der Waals surface area (Å²) in [5, 5.41) is 23.8. The number of aliphatic hydroxyl groups excluding tert-OH is 2. The maximum absolute atomic E-state index is 12.2. The van der Waals surface area contributed by atoms with Crippen LogP contribution >= 0.6 is 0 Å². The number of piperidine rings is 1. The smallest absolute Gasteiger partial charge is 0.334 e. The molecule has 0 spiro atoms. The molecule has 32 heavy (non-hydrogen) atoms. The Hall–Kier alpha value is -3.29. The van der Waals surface area contributed by atoms with Crippen molar-refractivity contribution in [3.8, 4) is 0 Å². The van der Waals surface area contributed by atoms with E-state index in [1.54, 1.807) is 11.0 Å². The zero-order chi connectivity index (χ0) is 23.0. The van der Waals surface area contributed by atoms with Crippen LogP contribution in [0.2, 0.25) is 0 Å². The predicted molar refractivity (Wildman–Crippen MR) is 122 cm³/mol. The first-order chi connectivity index (χ1) is 15.5. The Balaban J connectivity index is 2.02. The lowest BCUT2D eigenvalue weighted by Crippen LogP contribution is -2.37. The number of carbonyl (C=O) groups is 2. The number of oxime groups is 1. The number of nitrogens with zero attached hydrogens (tertiary/aromatic N) is 2. The highest BCUT2D eigenvalue weighted by molar-refractivity contribution is 5.95. The van der Waals surface area contributed by atoms with Gasteiger partial charge < -0.3 is 24.7 Å². The molecule has 2 aliphatic rings. The SMILES string of the molecule is O=C1/C=C(O)/C=C(O)\C=C\CC(=N\OCC(=O)N2CCCCC2)/C=C/CC/C=C/CCO1. The lowest BCUT2D eigenvalue weighted by Gasteiger charge is -2.26. The Morgan fingerprint density at radius 3 is 2.53 bits per heavy atom. The highest BCUT2D eigenvalue weighted by atomic mass is 16.6. The number of cyclic esters (lactones) is 1. The summed E-state index contributed by atoms with van der Waals surface area (Å²) in [5.74, 6) is -1.40. The summed E-state index contributed by atoms with van der Waals surface area (Å²) in [6.07, 6.45) is 18.4. The van der Waals surface area contributed by atoms with Crippen LogP contribution in [0, 0.1) is 0 Å². The van der Waals surface area contributed by atoms with E-state index >= 15 is 0 Å². The fourth-order valence-electron chi connectivity index (χ4n) is 3.12. The first kappa shape index (κ1) is 25.0. The van der Waals surface area contributed by atoms with Gasteiger partial charge in [-0.05, 0) is 50.7 Å². The second kappa shape index (κ2) is 14.7. The Morgan fingerprint density at radius 1 is 0.969 bits per heavy atom. The molecule has 2 aliphatic heterocycles. The molecule has 2 rings (SSSR count). The lowest BCUT2D eigenvalue weighted by atomic mass is 10.1. The molecule has 8 nitrogen and oxygen atoms in total. The average Bonchev–Trinajstić information content (AvgIpc) is 2.77. The third-order valence-electron chi connectivity index (χ3n) is 4.76. The first-order valence-electron chi connectivity index (χ1n) is 11.0. The second-order valence-electron chi connectivity index (χ2n) is 7.45. The number of hydrogen-bond donors (Lipinski definition) is 2. The predicted octanol–water partition coefficient (Wildman–Crippen LogP) is 4.04. The molecular formula is C24H32N2O6. The first-order valence-corrected chi connectivity index (χ1v) is 11.0. The average molecular weight is 445 g/mol. The summed E-state index contributed by atoms with van der Waals surface area (Å²) in [6.45, 7) is 1.62. The zero-order valence-electron chi connectivity index (χ0n) is 18.3. The van der Waals surface area contributed by atoms with Gasteiger partial charge in [-0.3, -0.25) is 4.79 Å². The van der Waals surface area contributed by atoms with Crippen molar-refractivity contribution in [2.75, 3.05) is 26.3 Å². The molecule has 0 aromatic carbocycles. The number of amides is 1. The van der Waals surface area contributed by atoms with Gasteiger partial charge in [-0.2, -0.15) is 0 Å². The fraction of sp³-hybridized carbons (Fsp3) is 0.458. The molecule has 174 valence electrons. The van der Waals surface area contributed by atoms with Crippen molar-refractivity contribution in [1.82, 2.24) is 4.90 Å². The van der Waals surface area contributed by atoms with E-state index in [1.807, 2.05) is 24.3 Å². The monoisotopic (exact) mass is 444 g/mol. The van der Waals surface area contributed by atoms with Gasteiger partial charge in [0.25, 0.3) is 5.91 Å². The zero-order valence-corrected chi connectivity index (χ0v) is 18.3. The van der Waals surface area contributed by atoms with Crippen molar-refractivity contribution >= 4 is 17.6 Å². The fourth-order valence-corrected chi connectivity index (χ4v) is 3.12. The molecule has 0 atom stereocenters. The molecule has 0 bridgehead atoms. The van der Waals surface area contributed by atoms with Crippen LogP contribution in [0.1, 0.15) is 44.9 Å². The number of hydrogen-bond acceptors (Lipinski definition) is 7. The highest BCUT2D eigenvalue weighted by Gasteiger charge is 2.16. The van der Waals surface area contributed by atoms with Crippen LogP contribution in [0.25, 0.3) is 0 Å². The van der Waals surface area contributed by atoms with Crippen LogP contribution < -0.4 is 0 Å². The van der Waals surface area contributed by atoms with Crippen LogP contribution in [0.5, 0.6) is 0 Å². The van der Waals surface area contributed by atoms with Gasteiger partial charge >= 0.3 is 5.97 Å². The maximum Gasteiger partial charge on any atom is 0.334 e. The summed E-state index contributed by atoms with van der Waals surface area (Å²) in [4.78, 5) is 30.9. The number of allylic oxidation sites excluding steroid dienone is 6. The number of aliphatic hydroxyl groups is 2. The molecule has 1 fully saturated rings. The Morgan fingerprint density at radius 2 is 1.72 bits per heavy atom. The Labute approximate surface area is 188 Å². The minimum Gasteiger partial charge on any atom is -0.508 e. The van der Waals surface area contributed by atoms with Crippen molar-refractivity contribution < 1.29 is 29.4 Å². The third-order valence-corrected chi connectivity index (χ3v) is 4.76. The second-order valence-corrected chi connectivity index (χ2v) is 7.45. The van der Waals surface area contributed by atoms with Gasteiger partial charge in [0.2, 0.25) is 0 Å². The number of rotatable bonds is 3. The van der Waals surface area contributed by atoms with Gasteiger partial charge in [0.05, 0.1) is 18.4 Å². The van der Waals surface area contributed by atoms with E-state index in [9.17, 15) is 19.8 Å². The van der Waals surface area contributed by atoms with Gasteiger partial charge in [-0.15, -0.1) is 0 Å². The van der Waals surface area contributed by atoms with Gasteiger partial charge in [0.1, 0.15) is 11.5 Å². The summed E-state index contributed by atoms with van der Waals surface area (Å²) in [6, 6.07) is 0. The number of ether oxygens (including phenoxy) is 1. The molecular weight excluding hydrogens is 412 g/mol. The number of likely N-dealkylation sites (tertiary alicyclic amines) is 1. The van der Waals surface area contributed by atoms with Crippen molar-refractivity contribution in [1.29, 1.82) is 0 Å². The molecule has 2 heterocycles. The van der Waals surface area contributed by atoms with Gasteiger partial charge in [0, 0.05) is 25.6 Å². The van der Waals surface area contributed by atoms with E-state index in [2.05, 4.69) is 5.16 Å². The summed E-state index contributed by atoms with van der Waals surface area (Å²) >= 11 is 0. The van der Waals surface area contributed by atoms with Crippen LogP contribution in [-0.4, -0.2) is 59.0 Å². The van der Waals surface area contributed by atoms with E-state index in [-0.39, 0.29) is 24.9 Å². The van der Waals surface area contributed by atoms with Crippen molar-refractivity contribution in [3.63, 3.8) is 0 Å². The minimum absolute atomic E-state index is 0.0692. The van der Waals surface area contributed by atoms with Crippen LogP contribution in [0.3, 0.4) is 0 Å². The molecule has 1 amide bonds. The quantitative estimate of drug-likeness (QED) is 0.386. The summed E-state index contributed by atoms with van der Waals surface area (Å²) in [5.41, 5.74) is 0.592. The Kier molecular flexibility index (Phi) is 11.4. The van der Waals surface area contributed by atoms with Crippen molar-refractivity contribution in [2.45, 2.75) is 44.9 Å². The summed E-state index contributed by atoms with van der Waals surface area (Å²) < 4.78 is 4.97. The number of carbonyl (C=O) groups excluding carboxylic acids is 2. The standard InChI is InChI=1S/C24H32N2O6/c27-21-13-10-12-20(25-32-19-23(29)26-14-7-5-8-15-26)11-6-3-1-2-4-9-16-31-24(30)18-22(28)17-21/h2,4,6,10-11,13,17-18,27-28H,1,3,5,7-9,12,14-16,19H2/b4-2+,11-6+,13-10+,21-17+,22-18-,25-20-. The maximum atomic E-state index is 12.2. The van der Waals surface area contributed by atoms with Gasteiger partial charge in [-0.25, -0.2) is 4.79 Å². The van der Waals surface area contributed by atoms with Crippen LogP contribution in [0.4, 0.5) is 0 Å². The highest BCUT2D eigenvalue weighted by Crippen LogP contribution is 2.09. The molecule has 0 aromatic rings.